The third-order valence-electron chi connectivity index (χ3n) is 18.8. The van der Waals surface area contributed by atoms with Crippen LogP contribution in [0.25, 0.3) is 0 Å². The first kappa shape index (κ1) is 49.3. The minimum atomic E-state index is -0.755. The summed E-state index contributed by atoms with van der Waals surface area (Å²) in [6.45, 7) is 20.3. The lowest BCUT2D eigenvalue weighted by atomic mass is 9.33. The molecule has 0 unspecified atom stereocenters. The number of carbonyl (C=O) groups excluding carboxylic acids is 2. The molecule has 8 rings (SSSR count). The summed E-state index contributed by atoms with van der Waals surface area (Å²) in [6.07, 6.45) is 6.71. The van der Waals surface area contributed by atoms with Gasteiger partial charge in [-0.1, -0.05) is 72.6 Å². The molecule has 66 heavy (non-hydrogen) atoms. The Bertz CT molecular complexity index is 2200. The predicted octanol–water partition coefficient (Wildman–Crippen LogP) is 8.52. The normalized spacial score (nSPS) is 37.4. The van der Waals surface area contributed by atoms with E-state index in [1.807, 2.05) is 7.05 Å². The number of epoxide rings is 1. The quantitative estimate of drug-likeness (QED) is 0.0638. The van der Waals surface area contributed by atoms with E-state index in [1.165, 1.54) is 16.7 Å². The van der Waals surface area contributed by atoms with Gasteiger partial charge in [-0.25, -0.2) is 0 Å². The highest BCUT2D eigenvalue weighted by molar-refractivity contribution is 6.00. The number of anilines is 1. The van der Waals surface area contributed by atoms with Crippen molar-refractivity contribution in [1.82, 2.24) is 10.6 Å². The Morgan fingerprint density at radius 2 is 1.64 bits per heavy atom. The Labute approximate surface area is 395 Å². The van der Waals surface area contributed by atoms with E-state index >= 15 is 0 Å². The number of rotatable bonds is 16. The number of fused-ring (bicyclic) bond motifs is 5. The molecule has 1 aliphatic heterocycles. The summed E-state index contributed by atoms with van der Waals surface area (Å²) in [7, 11) is 1.87. The number of carbonyl (C=O) groups is 2. The highest BCUT2D eigenvalue weighted by atomic mass is 16.6. The molecule has 5 aliphatic carbocycles. The number of aromatic hydroxyl groups is 1. The fourth-order valence-electron chi connectivity index (χ4n) is 16.6. The van der Waals surface area contributed by atoms with Gasteiger partial charge in [-0.15, -0.1) is 0 Å². The van der Waals surface area contributed by atoms with Crippen LogP contribution in [0.3, 0.4) is 0 Å². The molecule has 364 valence electrons. The van der Waals surface area contributed by atoms with Crippen LogP contribution in [-0.4, -0.2) is 82.1 Å². The van der Waals surface area contributed by atoms with Gasteiger partial charge in [0.1, 0.15) is 17.6 Å². The highest BCUT2D eigenvalue weighted by Crippen LogP contribution is 2.76. The monoisotopic (exact) mass is 910 g/mol. The average Bonchev–Trinajstić information content (AvgIpc) is 3.52. The second-order valence-electron chi connectivity index (χ2n) is 24.1. The number of ether oxygens (including phenoxy) is 1. The molecule has 0 bridgehead atoms. The molecule has 8 N–H and O–H groups in total. The number of Topliss-reactive ketones (excluding diaryl/α,β-unsaturated/α-hetero) is 2. The summed E-state index contributed by atoms with van der Waals surface area (Å²) in [6, 6.07) is 12.0. The van der Waals surface area contributed by atoms with Crippen LogP contribution in [0.1, 0.15) is 161 Å². The van der Waals surface area contributed by atoms with Gasteiger partial charge in [-0.2, -0.15) is 0 Å². The molecule has 0 spiro atoms. The lowest BCUT2D eigenvalue weighted by Gasteiger charge is -2.71. The summed E-state index contributed by atoms with van der Waals surface area (Å²) in [5.74, 6) is 0.953. The van der Waals surface area contributed by atoms with Crippen molar-refractivity contribution in [2.75, 3.05) is 25.9 Å². The predicted molar refractivity (Wildman–Crippen MR) is 261 cm³/mol. The van der Waals surface area contributed by atoms with Crippen molar-refractivity contribution < 1.29 is 34.8 Å². The summed E-state index contributed by atoms with van der Waals surface area (Å²) < 4.78 is 6.59. The van der Waals surface area contributed by atoms with Crippen molar-refractivity contribution in [1.29, 1.82) is 0 Å². The first-order valence-corrected chi connectivity index (χ1v) is 25.6. The van der Waals surface area contributed by atoms with Gasteiger partial charge < -0.3 is 41.5 Å². The molecule has 1 heterocycles. The number of nitrogens with one attached hydrogen (secondary N) is 2. The number of allylic oxidation sites excluding steroid dienone is 2. The summed E-state index contributed by atoms with van der Waals surface area (Å²) in [4.78, 5) is 29.8. The summed E-state index contributed by atoms with van der Waals surface area (Å²) in [5.41, 5.74) is 11.0. The Hall–Kier alpha value is -3.12. The molecule has 0 radical (unpaired) electrons. The van der Waals surface area contributed by atoms with E-state index in [4.69, 9.17) is 10.5 Å². The van der Waals surface area contributed by atoms with Crippen LogP contribution < -0.4 is 16.4 Å². The van der Waals surface area contributed by atoms with E-state index < -0.39 is 45.4 Å². The van der Waals surface area contributed by atoms with Gasteiger partial charge in [0.15, 0.2) is 5.78 Å². The molecule has 14 atom stereocenters. The SMILES string of the molecule is CNCc1cc(O)cc([C@@H]2C[C@@]3(C)[C@H]4CCC5=C([C@H](C)C[C@@H](O)[C@H]6O[C@]6(C)[C@@H]6CCC[C@H]6c6cc(N)cc(CC(C)C)c6)C(=O)C[C@]5(C)[C@@]4(CCO)C[C@@H](NC[C@H](C)O)[C@H]3C(C)(C)C2=O)c1. The highest BCUT2D eigenvalue weighted by Gasteiger charge is 2.72. The number of ketones is 2. The minimum absolute atomic E-state index is 0.0267. The fourth-order valence-corrected chi connectivity index (χ4v) is 16.6. The van der Waals surface area contributed by atoms with Gasteiger partial charge in [0.25, 0.3) is 0 Å². The van der Waals surface area contributed by atoms with Crippen molar-refractivity contribution in [3.8, 4) is 5.75 Å². The van der Waals surface area contributed by atoms with Gasteiger partial charge in [0, 0.05) is 54.6 Å². The van der Waals surface area contributed by atoms with Crippen molar-refractivity contribution in [3.63, 3.8) is 0 Å². The number of hydrogen-bond donors (Lipinski definition) is 7. The maximum absolute atomic E-state index is 15.0. The first-order chi connectivity index (χ1) is 31.0. The summed E-state index contributed by atoms with van der Waals surface area (Å²) in [5, 5.41) is 51.9. The maximum Gasteiger partial charge on any atom is 0.159 e. The van der Waals surface area contributed by atoms with Crippen molar-refractivity contribution in [3.05, 3.63) is 69.8 Å². The van der Waals surface area contributed by atoms with Crippen LogP contribution in [0.5, 0.6) is 5.75 Å². The molecular formula is C56H83N3O7. The van der Waals surface area contributed by atoms with E-state index in [2.05, 4.69) is 90.3 Å². The first-order valence-electron chi connectivity index (χ1n) is 25.6. The molecule has 10 nitrogen and oxygen atoms in total. The lowest BCUT2D eigenvalue weighted by Crippen LogP contribution is -2.70. The van der Waals surface area contributed by atoms with Gasteiger partial charge in [0.2, 0.25) is 0 Å². The van der Waals surface area contributed by atoms with Crippen LogP contribution in [0.4, 0.5) is 5.69 Å². The molecule has 5 fully saturated rings. The number of nitrogen functional groups attached to an aromatic ring is 1. The van der Waals surface area contributed by atoms with Crippen LogP contribution in [0.2, 0.25) is 0 Å². The topological polar surface area (TPSA) is 178 Å². The van der Waals surface area contributed by atoms with Crippen LogP contribution in [0, 0.1) is 51.2 Å². The van der Waals surface area contributed by atoms with E-state index in [0.29, 0.717) is 57.0 Å². The zero-order valence-electron chi connectivity index (χ0n) is 41.8. The minimum Gasteiger partial charge on any atom is -0.508 e. The van der Waals surface area contributed by atoms with Gasteiger partial charge in [0.05, 0.1) is 17.8 Å². The molecule has 2 aromatic rings. The molecular weight excluding hydrogens is 827 g/mol. The number of phenolic OH excluding ortho intramolecular Hbond substituents is 1. The second-order valence-corrected chi connectivity index (χ2v) is 24.1. The number of nitrogens with two attached hydrogens (primary N) is 1. The third kappa shape index (κ3) is 8.23. The fraction of sp³-hybridized carbons (Fsp3) is 0.714. The molecule has 2 aromatic carbocycles. The third-order valence-corrected chi connectivity index (χ3v) is 18.8. The Kier molecular flexibility index (Phi) is 13.4. The van der Waals surface area contributed by atoms with Crippen LogP contribution >= 0.6 is 0 Å². The average molecular weight is 910 g/mol. The molecule has 10 heteroatoms. The Morgan fingerprint density at radius 1 is 0.909 bits per heavy atom. The zero-order valence-corrected chi connectivity index (χ0v) is 41.8. The van der Waals surface area contributed by atoms with Crippen molar-refractivity contribution >= 4 is 17.3 Å². The molecule has 4 saturated carbocycles. The second kappa shape index (κ2) is 18.0. The Balaban J connectivity index is 1.10. The van der Waals surface area contributed by atoms with Gasteiger partial charge in [-0.05, 0) is 177 Å². The summed E-state index contributed by atoms with van der Waals surface area (Å²) >= 11 is 0. The van der Waals surface area contributed by atoms with Crippen LogP contribution in [0.15, 0.2) is 47.5 Å². The van der Waals surface area contributed by atoms with E-state index in [-0.39, 0.29) is 59.7 Å². The van der Waals surface area contributed by atoms with Gasteiger partial charge in [-0.3, -0.25) is 9.59 Å². The Morgan fingerprint density at radius 3 is 2.32 bits per heavy atom. The molecule has 0 aromatic heterocycles. The lowest BCUT2D eigenvalue weighted by molar-refractivity contribution is -0.203. The molecule has 0 amide bonds. The smallest absolute Gasteiger partial charge is 0.159 e. The number of hydrogen-bond acceptors (Lipinski definition) is 10. The largest absolute Gasteiger partial charge is 0.508 e. The standard InChI is InChI=1S/C56H83N3O7/c1-31(2)18-34-20-36(24-38(57)22-34)40-12-11-13-42(40)55(9)51(66-55)45(63)19-32(3)48-43-14-15-47-53(7)26-41(37-21-35(30-58-10)23-39(62)25-37)50(65)52(5,6)49(53)44(59-29-33(4)61)27-56(47,16-17-60)54(43,8)28-46(48)64/h20-25,31-33,40-42,44-45,47,49,51,58-63H,11-19,26-30,57H2,1-10H3/t32-,33+,40+,41+,42-,44-,45-,47-,49+,51-,53+,54+,55-,56+/m1/s1. The van der Waals surface area contributed by atoms with Crippen molar-refractivity contribution in [2.45, 2.75) is 181 Å². The number of aliphatic hydroxyl groups is 3. The van der Waals surface area contributed by atoms with E-state index in [1.54, 1.807) is 19.1 Å². The number of aliphatic hydroxyl groups excluding tert-OH is 3. The van der Waals surface area contributed by atoms with Crippen molar-refractivity contribution in [2.24, 2.45) is 51.2 Å². The number of phenols is 1. The van der Waals surface area contributed by atoms with E-state index in [9.17, 15) is 30.0 Å². The van der Waals surface area contributed by atoms with Gasteiger partial charge >= 0.3 is 0 Å². The molecule has 6 aliphatic rings. The maximum atomic E-state index is 15.0. The zero-order chi connectivity index (χ0) is 47.9. The van der Waals surface area contributed by atoms with E-state index in [0.717, 1.165) is 60.9 Å². The van der Waals surface area contributed by atoms with Crippen LogP contribution in [-0.2, 0) is 27.3 Å². The molecule has 1 saturated heterocycles. The number of benzene rings is 2.